The van der Waals surface area contributed by atoms with Gasteiger partial charge in [0.2, 0.25) is 4.77 Å². The molecule has 1 aromatic heterocycles. The van der Waals surface area contributed by atoms with E-state index in [0.29, 0.717) is 50.0 Å². The van der Waals surface area contributed by atoms with Gasteiger partial charge < -0.3 is 19.6 Å². The van der Waals surface area contributed by atoms with Crippen molar-refractivity contribution >= 4 is 35.4 Å². The molecule has 0 saturated carbocycles. The number of nitrogens with zero attached hydrogens (tertiary/aromatic N) is 2. The van der Waals surface area contributed by atoms with Gasteiger partial charge in [-0.3, -0.25) is 0 Å². The van der Waals surface area contributed by atoms with Crippen LogP contribution in [0.2, 0.25) is 10.0 Å². The number of aromatic amines is 1. The van der Waals surface area contributed by atoms with Crippen LogP contribution in [0.1, 0.15) is 11.1 Å². The second-order valence-corrected chi connectivity index (χ2v) is 8.36. The maximum absolute atomic E-state index is 6.31. The van der Waals surface area contributed by atoms with E-state index in [1.807, 2.05) is 42.5 Å². The summed E-state index contributed by atoms with van der Waals surface area (Å²) < 4.78 is 19.3. The fourth-order valence-electron chi connectivity index (χ4n) is 3.46. The first-order chi connectivity index (χ1) is 16.5. The van der Waals surface area contributed by atoms with Gasteiger partial charge in [-0.2, -0.15) is 5.10 Å². The second-order valence-electron chi connectivity index (χ2n) is 7.16. The highest BCUT2D eigenvalue weighted by molar-refractivity contribution is 7.71. The fraction of sp³-hybridized carbons (Fsp3) is 0.167. The number of hydrogen-bond acceptors (Lipinski definition) is 6. The Morgan fingerprint density at radius 2 is 1.62 bits per heavy atom. The molecule has 2 N–H and O–H groups in total. The van der Waals surface area contributed by atoms with Crippen LogP contribution in [-0.2, 0) is 13.2 Å². The zero-order valence-corrected chi connectivity index (χ0v) is 20.8. The molecule has 1 heterocycles. The number of methoxy groups -OCH3 is 2. The van der Waals surface area contributed by atoms with Crippen molar-refractivity contribution in [3.05, 3.63) is 86.6 Å². The zero-order valence-electron chi connectivity index (χ0n) is 18.5. The predicted octanol–water partition coefficient (Wildman–Crippen LogP) is 6.25. The number of hydrogen-bond donors (Lipinski definition) is 2. The summed E-state index contributed by atoms with van der Waals surface area (Å²) in [5, 5.41) is 8.28. The number of para-hydroxylation sites is 2. The summed E-state index contributed by atoms with van der Waals surface area (Å²) in [6.45, 7) is 0.558. The molecule has 0 unspecified atom stereocenters. The third kappa shape index (κ3) is 4.99. The normalized spacial score (nSPS) is 10.7. The average Bonchev–Trinajstić information content (AvgIpc) is 3.22. The highest BCUT2D eigenvalue weighted by Gasteiger charge is 2.16. The number of ether oxygens (including phenoxy) is 3. The summed E-state index contributed by atoms with van der Waals surface area (Å²) in [5.74, 6) is 2.43. The van der Waals surface area contributed by atoms with E-state index in [2.05, 4.69) is 15.6 Å². The Morgan fingerprint density at radius 3 is 2.35 bits per heavy atom. The molecule has 0 aliphatic carbocycles. The number of rotatable bonds is 9. The van der Waals surface area contributed by atoms with Gasteiger partial charge in [0.15, 0.2) is 17.3 Å². The van der Waals surface area contributed by atoms with Crippen LogP contribution >= 0.6 is 35.4 Å². The second kappa shape index (κ2) is 10.8. The van der Waals surface area contributed by atoms with Crippen LogP contribution in [0.5, 0.6) is 17.2 Å². The number of benzene rings is 3. The average molecular weight is 517 g/mol. The lowest BCUT2D eigenvalue weighted by atomic mass is 10.1. The Bertz CT molecular complexity index is 1340. The highest BCUT2D eigenvalue weighted by atomic mass is 35.5. The molecule has 3 aromatic carbocycles. The Balaban J connectivity index is 1.62. The van der Waals surface area contributed by atoms with Crippen molar-refractivity contribution in [2.75, 3.05) is 19.6 Å². The molecule has 0 bridgehead atoms. The van der Waals surface area contributed by atoms with E-state index in [0.717, 1.165) is 11.1 Å². The van der Waals surface area contributed by atoms with Crippen LogP contribution in [-0.4, -0.2) is 29.1 Å². The van der Waals surface area contributed by atoms with Crippen molar-refractivity contribution in [1.82, 2.24) is 14.9 Å². The molecular weight excluding hydrogens is 495 g/mol. The zero-order chi connectivity index (χ0) is 24.1. The number of halogens is 2. The predicted molar refractivity (Wildman–Crippen MR) is 136 cm³/mol. The Morgan fingerprint density at radius 1 is 0.941 bits per heavy atom. The van der Waals surface area contributed by atoms with Gasteiger partial charge in [0.1, 0.15) is 12.4 Å². The van der Waals surface area contributed by atoms with E-state index < -0.39 is 0 Å². The van der Waals surface area contributed by atoms with E-state index in [1.54, 1.807) is 37.1 Å². The fourth-order valence-corrected chi connectivity index (χ4v) is 4.16. The Kier molecular flexibility index (Phi) is 7.62. The van der Waals surface area contributed by atoms with Crippen LogP contribution in [0, 0.1) is 4.77 Å². The maximum Gasteiger partial charge on any atom is 0.214 e. The molecule has 176 valence electrons. The summed E-state index contributed by atoms with van der Waals surface area (Å²) >= 11 is 18.1. The molecule has 10 heteroatoms. The third-order valence-electron chi connectivity index (χ3n) is 5.15. The smallest absolute Gasteiger partial charge is 0.214 e. The van der Waals surface area contributed by atoms with Gasteiger partial charge in [0.25, 0.3) is 0 Å². The van der Waals surface area contributed by atoms with Crippen LogP contribution in [0.15, 0.2) is 60.7 Å². The SMILES string of the molecule is COc1ccccc1-c1n[nH]c(=S)n1NCc1cccc(OC)c1OCc1c(Cl)cccc1Cl. The lowest BCUT2D eigenvalue weighted by Crippen LogP contribution is -2.17. The van der Waals surface area contributed by atoms with Crippen molar-refractivity contribution < 1.29 is 14.2 Å². The van der Waals surface area contributed by atoms with Crippen molar-refractivity contribution in [2.24, 2.45) is 0 Å². The number of H-pyrrole nitrogens is 1. The van der Waals surface area contributed by atoms with Gasteiger partial charge in [-0.1, -0.05) is 53.5 Å². The molecule has 0 spiro atoms. The Labute approximate surface area is 212 Å². The minimum atomic E-state index is 0.184. The van der Waals surface area contributed by atoms with E-state index in [4.69, 9.17) is 49.6 Å². The lowest BCUT2D eigenvalue weighted by Gasteiger charge is -2.18. The summed E-state index contributed by atoms with van der Waals surface area (Å²) in [6, 6.07) is 18.6. The molecule has 0 amide bonds. The quantitative estimate of drug-likeness (QED) is 0.256. The summed E-state index contributed by atoms with van der Waals surface area (Å²) in [4.78, 5) is 0. The van der Waals surface area contributed by atoms with Crippen LogP contribution in [0.4, 0.5) is 0 Å². The number of nitrogens with one attached hydrogen (secondary N) is 2. The monoisotopic (exact) mass is 516 g/mol. The van der Waals surface area contributed by atoms with E-state index in [-0.39, 0.29) is 6.61 Å². The first-order valence-electron chi connectivity index (χ1n) is 10.3. The highest BCUT2D eigenvalue weighted by Crippen LogP contribution is 2.34. The Hall–Kier alpha value is -3.20. The van der Waals surface area contributed by atoms with Gasteiger partial charge >= 0.3 is 0 Å². The summed E-state index contributed by atoms with van der Waals surface area (Å²) in [6.07, 6.45) is 0. The van der Waals surface area contributed by atoms with Crippen LogP contribution in [0.3, 0.4) is 0 Å². The minimum Gasteiger partial charge on any atom is -0.496 e. The number of aromatic nitrogens is 3. The van der Waals surface area contributed by atoms with E-state index >= 15 is 0 Å². The molecule has 7 nitrogen and oxygen atoms in total. The van der Waals surface area contributed by atoms with Gasteiger partial charge in [0.05, 0.1) is 26.3 Å². The largest absolute Gasteiger partial charge is 0.496 e. The molecule has 0 radical (unpaired) electrons. The van der Waals surface area contributed by atoms with Gasteiger partial charge in [0, 0.05) is 21.2 Å². The summed E-state index contributed by atoms with van der Waals surface area (Å²) in [7, 11) is 3.21. The minimum absolute atomic E-state index is 0.184. The maximum atomic E-state index is 6.31. The first kappa shape index (κ1) is 23.9. The van der Waals surface area contributed by atoms with Crippen LogP contribution < -0.4 is 19.6 Å². The first-order valence-corrected chi connectivity index (χ1v) is 11.5. The van der Waals surface area contributed by atoms with E-state index in [1.165, 1.54) is 0 Å². The van der Waals surface area contributed by atoms with Gasteiger partial charge in [-0.05, 0) is 42.5 Å². The molecule has 0 atom stereocenters. The lowest BCUT2D eigenvalue weighted by molar-refractivity contribution is 0.281. The molecular formula is C24H22Cl2N4O3S. The van der Waals surface area contributed by atoms with Crippen molar-refractivity contribution in [2.45, 2.75) is 13.2 Å². The molecule has 0 aliphatic rings. The molecule has 4 rings (SSSR count). The topological polar surface area (TPSA) is 73.3 Å². The molecule has 0 saturated heterocycles. The third-order valence-corrected chi connectivity index (χ3v) is 6.13. The molecule has 34 heavy (non-hydrogen) atoms. The molecule has 0 aliphatic heterocycles. The van der Waals surface area contributed by atoms with E-state index in [9.17, 15) is 0 Å². The van der Waals surface area contributed by atoms with Crippen molar-refractivity contribution in [3.8, 4) is 28.6 Å². The van der Waals surface area contributed by atoms with Crippen LogP contribution in [0.25, 0.3) is 11.4 Å². The summed E-state index contributed by atoms with van der Waals surface area (Å²) in [5.41, 5.74) is 5.65. The van der Waals surface area contributed by atoms with Crippen molar-refractivity contribution in [3.63, 3.8) is 0 Å². The van der Waals surface area contributed by atoms with Gasteiger partial charge in [-0.15, -0.1) is 0 Å². The standard InChI is InChI=1S/C24H22Cl2N4O3S/c1-31-20-11-4-3-8-16(20)23-28-29-24(34)30(23)27-13-15-7-5-12-21(32-2)22(15)33-14-17-18(25)9-6-10-19(17)26/h3-12,27H,13-14H2,1-2H3,(H,29,34). The molecule has 0 fully saturated rings. The van der Waals surface area contributed by atoms with Gasteiger partial charge in [-0.25, -0.2) is 9.77 Å². The van der Waals surface area contributed by atoms with Crippen molar-refractivity contribution in [1.29, 1.82) is 0 Å². The molecule has 4 aromatic rings.